The Morgan fingerprint density at radius 1 is 0.964 bits per heavy atom. The zero-order valence-corrected chi connectivity index (χ0v) is 15.1. The first-order chi connectivity index (χ1) is 13.7. The van der Waals surface area contributed by atoms with E-state index in [1.807, 2.05) is 29.2 Å². The Morgan fingerprint density at radius 2 is 1.61 bits per heavy atom. The Bertz CT molecular complexity index is 1060. The molecule has 1 saturated heterocycles. The van der Waals surface area contributed by atoms with Crippen LogP contribution in [0.15, 0.2) is 59.4 Å². The molecular weight excluding hydrogens is 357 g/mol. The maximum atomic E-state index is 13.2. The molecule has 1 aliphatic heterocycles. The Labute approximate surface area is 161 Å². The number of hydrogen-bond donors (Lipinski definition) is 1. The number of anilines is 2. The second-order valence-electron chi connectivity index (χ2n) is 6.54. The van der Waals surface area contributed by atoms with Crippen LogP contribution in [0.25, 0.3) is 11.3 Å². The molecule has 0 bridgehead atoms. The normalized spacial score (nSPS) is 14.0. The van der Waals surface area contributed by atoms with Crippen molar-refractivity contribution in [2.24, 2.45) is 0 Å². The number of hydrogen-bond acceptors (Lipinski definition) is 5. The van der Waals surface area contributed by atoms with Crippen molar-refractivity contribution in [3.8, 4) is 17.3 Å². The number of nitrogens with one attached hydrogen (secondary N) is 1. The molecule has 2 aromatic carbocycles. The lowest BCUT2D eigenvalue weighted by molar-refractivity contribution is 0.628. The minimum Gasteiger partial charge on any atom is -0.368 e. The van der Waals surface area contributed by atoms with Crippen molar-refractivity contribution in [3.63, 3.8) is 0 Å². The van der Waals surface area contributed by atoms with Crippen LogP contribution in [0, 0.1) is 17.1 Å². The van der Waals surface area contributed by atoms with E-state index in [-0.39, 0.29) is 17.1 Å². The third-order valence-corrected chi connectivity index (χ3v) is 4.84. The van der Waals surface area contributed by atoms with E-state index in [0.29, 0.717) is 24.6 Å². The monoisotopic (exact) mass is 375 g/mol. The molecule has 2 heterocycles. The second-order valence-corrected chi connectivity index (χ2v) is 6.54. The molecule has 6 nitrogen and oxygen atoms in total. The van der Waals surface area contributed by atoms with Crippen LogP contribution in [0.4, 0.5) is 16.0 Å². The van der Waals surface area contributed by atoms with Crippen LogP contribution in [0.5, 0.6) is 0 Å². The summed E-state index contributed by atoms with van der Waals surface area (Å²) in [6, 6.07) is 17.7. The highest BCUT2D eigenvalue weighted by atomic mass is 19.1. The van der Waals surface area contributed by atoms with E-state index in [0.717, 1.165) is 18.8 Å². The molecule has 0 atom stereocenters. The van der Waals surface area contributed by atoms with Gasteiger partial charge in [-0.2, -0.15) is 5.26 Å². The van der Waals surface area contributed by atoms with Crippen molar-refractivity contribution in [2.45, 2.75) is 0 Å². The van der Waals surface area contributed by atoms with E-state index in [4.69, 9.17) is 0 Å². The third kappa shape index (κ3) is 3.45. The highest BCUT2D eigenvalue weighted by Gasteiger charge is 2.21. The molecule has 140 valence electrons. The van der Waals surface area contributed by atoms with Gasteiger partial charge in [-0.05, 0) is 36.4 Å². The molecule has 7 heteroatoms. The molecule has 0 amide bonds. The molecule has 0 radical (unpaired) electrons. The first kappa shape index (κ1) is 17.7. The Kier molecular flexibility index (Phi) is 4.77. The first-order valence-corrected chi connectivity index (χ1v) is 9.01. The quantitative estimate of drug-likeness (QED) is 0.762. The zero-order chi connectivity index (χ0) is 19.5. The van der Waals surface area contributed by atoms with Gasteiger partial charge in [0.1, 0.15) is 17.4 Å². The van der Waals surface area contributed by atoms with Gasteiger partial charge in [-0.1, -0.05) is 18.2 Å². The average Bonchev–Trinajstić information content (AvgIpc) is 2.74. The molecule has 28 heavy (non-hydrogen) atoms. The summed E-state index contributed by atoms with van der Waals surface area (Å²) in [4.78, 5) is 24.0. The number of piperazine rings is 1. The molecule has 4 rings (SSSR count). The number of rotatable bonds is 3. The highest BCUT2D eigenvalue weighted by molar-refractivity contribution is 5.67. The van der Waals surface area contributed by atoms with E-state index >= 15 is 0 Å². The summed E-state index contributed by atoms with van der Waals surface area (Å²) in [5.74, 6) is 0.0420. The van der Waals surface area contributed by atoms with E-state index in [1.54, 1.807) is 0 Å². The fraction of sp³-hybridized carbons (Fsp3) is 0.190. The van der Waals surface area contributed by atoms with E-state index in [1.165, 1.54) is 24.3 Å². The van der Waals surface area contributed by atoms with E-state index < -0.39 is 5.56 Å². The average molecular weight is 375 g/mol. The number of nitriles is 1. The topological polar surface area (TPSA) is 76.0 Å². The molecule has 1 aliphatic rings. The summed E-state index contributed by atoms with van der Waals surface area (Å²) in [6.45, 7) is 2.96. The van der Waals surface area contributed by atoms with Gasteiger partial charge in [-0.25, -0.2) is 9.37 Å². The van der Waals surface area contributed by atoms with Crippen LogP contribution in [0.1, 0.15) is 5.56 Å². The maximum absolute atomic E-state index is 13.2. The van der Waals surface area contributed by atoms with Crippen LogP contribution in [0.2, 0.25) is 0 Å². The van der Waals surface area contributed by atoms with Gasteiger partial charge in [0.15, 0.2) is 0 Å². The van der Waals surface area contributed by atoms with Crippen LogP contribution in [0.3, 0.4) is 0 Å². The van der Waals surface area contributed by atoms with Gasteiger partial charge in [-0.15, -0.1) is 0 Å². The van der Waals surface area contributed by atoms with Gasteiger partial charge in [0, 0.05) is 37.4 Å². The van der Waals surface area contributed by atoms with Crippen LogP contribution >= 0.6 is 0 Å². The zero-order valence-electron chi connectivity index (χ0n) is 15.1. The van der Waals surface area contributed by atoms with Crippen molar-refractivity contribution < 1.29 is 4.39 Å². The Balaban J connectivity index is 1.62. The second kappa shape index (κ2) is 7.53. The predicted octanol–water partition coefficient (Wildman–Crippen LogP) is 2.77. The first-order valence-electron chi connectivity index (χ1n) is 9.01. The fourth-order valence-corrected chi connectivity index (χ4v) is 3.35. The fourth-order valence-electron chi connectivity index (χ4n) is 3.35. The highest BCUT2D eigenvalue weighted by Crippen LogP contribution is 2.23. The third-order valence-electron chi connectivity index (χ3n) is 4.84. The summed E-state index contributed by atoms with van der Waals surface area (Å²) in [5.41, 5.74) is 1.41. The van der Waals surface area contributed by atoms with Crippen molar-refractivity contribution >= 4 is 11.6 Å². The van der Waals surface area contributed by atoms with Crippen LogP contribution in [-0.4, -0.2) is 36.1 Å². The van der Waals surface area contributed by atoms with Crippen molar-refractivity contribution in [3.05, 3.63) is 76.3 Å². The summed E-state index contributed by atoms with van der Waals surface area (Å²) in [5, 5.41) is 9.37. The minimum atomic E-state index is -0.489. The predicted molar refractivity (Wildman–Crippen MR) is 106 cm³/mol. The largest absolute Gasteiger partial charge is 0.368 e. The van der Waals surface area contributed by atoms with Crippen LogP contribution < -0.4 is 15.4 Å². The molecule has 0 spiro atoms. The summed E-state index contributed by atoms with van der Waals surface area (Å²) in [6.07, 6.45) is 0. The molecule has 1 aromatic heterocycles. The number of halogens is 1. The number of aromatic amines is 1. The number of aromatic nitrogens is 2. The Morgan fingerprint density at radius 3 is 2.25 bits per heavy atom. The molecule has 0 unspecified atom stereocenters. The number of para-hydroxylation sites is 1. The molecule has 1 fully saturated rings. The van der Waals surface area contributed by atoms with Crippen molar-refractivity contribution in [1.29, 1.82) is 5.26 Å². The van der Waals surface area contributed by atoms with Gasteiger partial charge in [-0.3, -0.25) is 9.78 Å². The smallest absolute Gasteiger partial charge is 0.270 e. The molecular formula is C21H18FN5O. The molecule has 0 saturated carbocycles. The molecule has 0 aliphatic carbocycles. The van der Waals surface area contributed by atoms with Gasteiger partial charge >= 0.3 is 0 Å². The van der Waals surface area contributed by atoms with Crippen molar-refractivity contribution in [1.82, 2.24) is 9.97 Å². The summed E-state index contributed by atoms with van der Waals surface area (Å²) in [7, 11) is 0. The van der Waals surface area contributed by atoms with E-state index in [2.05, 4.69) is 27.0 Å². The lowest BCUT2D eigenvalue weighted by Crippen LogP contribution is -2.47. The SMILES string of the molecule is N#Cc1c(-c2ccc(F)cc2)nc(N2CCN(c3ccccc3)CC2)[nH]c1=O. The van der Waals surface area contributed by atoms with Gasteiger partial charge in [0.2, 0.25) is 5.95 Å². The minimum absolute atomic E-state index is 0.0710. The lowest BCUT2D eigenvalue weighted by Gasteiger charge is -2.36. The van der Waals surface area contributed by atoms with Gasteiger partial charge in [0.05, 0.1) is 5.69 Å². The molecule has 1 N–H and O–H groups in total. The van der Waals surface area contributed by atoms with E-state index in [9.17, 15) is 14.4 Å². The molecule has 3 aromatic rings. The van der Waals surface area contributed by atoms with Crippen LogP contribution in [-0.2, 0) is 0 Å². The maximum Gasteiger partial charge on any atom is 0.270 e. The summed E-state index contributed by atoms with van der Waals surface area (Å²) < 4.78 is 13.2. The number of H-pyrrole nitrogens is 1. The Hall–Kier alpha value is -3.66. The van der Waals surface area contributed by atoms with Crippen molar-refractivity contribution in [2.75, 3.05) is 36.0 Å². The van der Waals surface area contributed by atoms with Gasteiger partial charge in [0.25, 0.3) is 5.56 Å². The number of nitrogens with zero attached hydrogens (tertiary/aromatic N) is 4. The summed E-state index contributed by atoms with van der Waals surface area (Å²) >= 11 is 0. The standard InChI is InChI=1S/C21H18FN5O/c22-16-8-6-15(7-9-16)19-18(14-23)20(28)25-21(24-19)27-12-10-26(11-13-27)17-4-2-1-3-5-17/h1-9H,10-13H2,(H,24,25,28). The lowest BCUT2D eigenvalue weighted by atomic mass is 10.1. The number of benzene rings is 2. The van der Waals surface area contributed by atoms with Gasteiger partial charge < -0.3 is 9.80 Å².